The van der Waals surface area contributed by atoms with Gasteiger partial charge in [0.25, 0.3) is 0 Å². The van der Waals surface area contributed by atoms with Crippen molar-refractivity contribution in [3.05, 3.63) is 32.7 Å². The van der Waals surface area contributed by atoms with E-state index in [9.17, 15) is 4.57 Å². The zero-order valence-corrected chi connectivity index (χ0v) is 10.9. The van der Waals surface area contributed by atoms with Gasteiger partial charge in [-0.05, 0) is 17.7 Å². The summed E-state index contributed by atoms with van der Waals surface area (Å²) in [6.07, 6.45) is 0. The van der Waals surface area contributed by atoms with Crippen LogP contribution in [0.2, 0.25) is 0 Å². The van der Waals surface area contributed by atoms with E-state index in [1.807, 2.05) is 0 Å². The van der Waals surface area contributed by atoms with E-state index in [1.165, 1.54) is 0 Å². The Kier molecular flexibility index (Phi) is 4.30. The van der Waals surface area contributed by atoms with Gasteiger partial charge in [-0.3, -0.25) is 4.52 Å². The van der Waals surface area contributed by atoms with E-state index < -0.39 is 7.82 Å². The molecule has 14 heavy (non-hydrogen) atoms. The van der Waals surface area contributed by atoms with Crippen molar-refractivity contribution in [1.29, 1.82) is 0 Å². The van der Waals surface area contributed by atoms with E-state index in [0.717, 1.165) is 8.95 Å². The van der Waals surface area contributed by atoms with Crippen molar-refractivity contribution in [2.75, 3.05) is 0 Å². The molecule has 1 aromatic rings. The van der Waals surface area contributed by atoms with Gasteiger partial charge in [0.2, 0.25) is 0 Å². The van der Waals surface area contributed by atoms with E-state index in [0.29, 0.717) is 5.56 Å². The van der Waals surface area contributed by atoms with Crippen molar-refractivity contribution in [1.82, 2.24) is 0 Å². The van der Waals surface area contributed by atoms with Gasteiger partial charge in [-0.2, -0.15) is 0 Å². The minimum Gasteiger partial charge on any atom is -0.303 e. The molecule has 7 heteroatoms. The highest BCUT2D eigenvalue weighted by Crippen LogP contribution is 2.37. The van der Waals surface area contributed by atoms with Crippen LogP contribution in [0.15, 0.2) is 27.1 Å². The van der Waals surface area contributed by atoms with Gasteiger partial charge >= 0.3 is 7.82 Å². The normalized spacial score (nSPS) is 11.7. The van der Waals surface area contributed by atoms with Crippen LogP contribution in [0, 0.1) is 0 Å². The van der Waals surface area contributed by atoms with Gasteiger partial charge in [-0.15, -0.1) is 0 Å². The smallest absolute Gasteiger partial charge is 0.303 e. The predicted octanol–water partition coefficient (Wildman–Crippen LogP) is 2.82. The summed E-state index contributed by atoms with van der Waals surface area (Å²) < 4.78 is 16.4. The molecule has 0 heterocycles. The van der Waals surface area contributed by atoms with Crippen molar-refractivity contribution in [3.63, 3.8) is 0 Å². The molecule has 0 aliphatic rings. The number of phosphoric ester groups is 1. The molecule has 0 radical (unpaired) electrons. The Morgan fingerprint density at radius 3 is 2.50 bits per heavy atom. The molecule has 2 N–H and O–H groups in total. The van der Waals surface area contributed by atoms with Crippen molar-refractivity contribution in [3.8, 4) is 0 Å². The number of hydrogen-bond acceptors (Lipinski definition) is 2. The van der Waals surface area contributed by atoms with Gasteiger partial charge in [-0.25, -0.2) is 4.57 Å². The van der Waals surface area contributed by atoms with Gasteiger partial charge < -0.3 is 9.79 Å². The van der Waals surface area contributed by atoms with Crippen molar-refractivity contribution < 1.29 is 18.9 Å². The van der Waals surface area contributed by atoms with Gasteiger partial charge in [0.05, 0.1) is 6.61 Å². The molecule has 0 amide bonds. The third-order valence-electron chi connectivity index (χ3n) is 1.40. The molecular weight excluding hydrogens is 339 g/mol. The number of rotatable bonds is 3. The molecule has 0 saturated carbocycles. The first-order valence-electron chi connectivity index (χ1n) is 3.52. The van der Waals surface area contributed by atoms with Crippen molar-refractivity contribution in [2.24, 2.45) is 0 Å². The molecule has 0 saturated heterocycles. The number of phosphoric acid groups is 1. The topological polar surface area (TPSA) is 66.8 Å². The second kappa shape index (κ2) is 4.88. The molecule has 0 unspecified atom stereocenters. The third-order valence-corrected chi connectivity index (χ3v) is 3.10. The lowest BCUT2D eigenvalue weighted by Crippen LogP contribution is -1.91. The second-order valence-corrected chi connectivity index (χ2v) is 5.51. The van der Waals surface area contributed by atoms with Crippen LogP contribution in [0.25, 0.3) is 0 Å². The molecule has 0 spiro atoms. The van der Waals surface area contributed by atoms with Gasteiger partial charge in [0.1, 0.15) is 0 Å². The maximum Gasteiger partial charge on any atom is 0.469 e. The molecular formula is C7H7Br2O4P. The molecule has 0 aromatic heterocycles. The van der Waals surface area contributed by atoms with Crippen molar-refractivity contribution >= 4 is 39.7 Å². The van der Waals surface area contributed by atoms with Crippen LogP contribution < -0.4 is 0 Å². The van der Waals surface area contributed by atoms with Crippen LogP contribution in [0.3, 0.4) is 0 Å². The average Bonchev–Trinajstić information content (AvgIpc) is 2.00. The standard InChI is InChI=1S/C7H7Br2O4P/c8-6-2-1-5(7(9)3-6)4-13-14(10,11)12/h1-3H,4H2,(H2,10,11,12). The van der Waals surface area contributed by atoms with Crippen LogP contribution in [-0.2, 0) is 15.7 Å². The quantitative estimate of drug-likeness (QED) is 0.827. The fourth-order valence-electron chi connectivity index (χ4n) is 0.792. The SMILES string of the molecule is O=P(O)(O)OCc1ccc(Br)cc1Br. The number of benzene rings is 1. The van der Waals surface area contributed by atoms with Gasteiger partial charge in [0, 0.05) is 8.95 Å². The van der Waals surface area contributed by atoms with Crippen LogP contribution in [0.1, 0.15) is 5.56 Å². The molecule has 0 bridgehead atoms. The highest BCUT2D eigenvalue weighted by molar-refractivity contribution is 9.11. The summed E-state index contributed by atoms with van der Waals surface area (Å²) in [6, 6.07) is 5.26. The highest BCUT2D eigenvalue weighted by atomic mass is 79.9. The van der Waals surface area contributed by atoms with Crippen LogP contribution in [0.5, 0.6) is 0 Å². The molecule has 4 nitrogen and oxygen atoms in total. The summed E-state index contributed by atoms with van der Waals surface area (Å²) in [7, 11) is -4.40. The summed E-state index contributed by atoms with van der Waals surface area (Å²) in [5, 5.41) is 0. The van der Waals surface area contributed by atoms with Crippen LogP contribution in [-0.4, -0.2) is 9.79 Å². The summed E-state index contributed by atoms with van der Waals surface area (Å²) in [5.41, 5.74) is 0.677. The Morgan fingerprint density at radius 2 is 2.00 bits per heavy atom. The molecule has 78 valence electrons. The fraction of sp³-hybridized carbons (Fsp3) is 0.143. The molecule has 0 aliphatic carbocycles. The molecule has 0 atom stereocenters. The van der Waals surface area contributed by atoms with E-state index >= 15 is 0 Å². The van der Waals surface area contributed by atoms with Gasteiger partial charge in [-0.1, -0.05) is 37.9 Å². The lowest BCUT2D eigenvalue weighted by atomic mass is 10.2. The fourth-order valence-corrected chi connectivity index (χ4v) is 2.26. The van der Waals surface area contributed by atoms with Crippen LogP contribution in [0.4, 0.5) is 0 Å². The Bertz CT molecular complexity index is 376. The Labute approximate surface area is 97.8 Å². The summed E-state index contributed by atoms with van der Waals surface area (Å²) >= 11 is 6.51. The summed E-state index contributed by atoms with van der Waals surface area (Å²) in [6.45, 7) is -0.127. The monoisotopic (exact) mass is 344 g/mol. The largest absolute Gasteiger partial charge is 0.469 e. The summed E-state index contributed by atoms with van der Waals surface area (Å²) in [4.78, 5) is 17.0. The first-order valence-corrected chi connectivity index (χ1v) is 6.64. The first-order chi connectivity index (χ1) is 6.38. The van der Waals surface area contributed by atoms with E-state index in [4.69, 9.17) is 9.79 Å². The zero-order chi connectivity index (χ0) is 10.8. The maximum atomic E-state index is 10.4. The van der Waals surface area contributed by atoms with E-state index in [2.05, 4.69) is 36.4 Å². The highest BCUT2D eigenvalue weighted by Gasteiger charge is 2.14. The van der Waals surface area contributed by atoms with E-state index in [-0.39, 0.29) is 6.61 Å². The first kappa shape index (κ1) is 12.4. The second-order valence-electron chi connectivity index (χ2n) is 2.50. The minimum absolute atomic E-state index is 0.127. The lowest BCUT2D eigenvalue weighted by Gasteiger charge is -2.07. The Balaban J connectivity index is 2.73. The lowest BCUT2D eigenvalue weighted by molar-refractivity contribution is 0.188. The Morgan fingerprint density at radius 1 is 1.36 bits per heavy atom. The van der Waals surface area contributed by atoms with Crippen LogP contribution >= 0.6 is 39.7 Å². The molecule has 0 fully saturated rings. The number of halogens is 2. The third kappa shape index (κ3) is 4.21. The maximum absolute atomic E-state index is 10.4. The van der Waals surface area contributed by atoms with Crippen molar-refractivity contribution in [2.45, 2.75) is 6.61 Å². The van der Waals surface area contributed by atoms with Gasteiger partial charge in [0.15, 0.2) is 0 Å². The predicted molar refractivity (Wildman–Crippen MR) is 58.7 cm³/mol. The molecule has 1 rings (SSSR count). The molecule has 1 aromatic carbocycles. The molecule has 0 aliphatic heterocycles. The number of hydrogen-bond donors (Lipinski definition) is 2. The zero-order valence-electron chi connectivity index (χ0n) is 6.85. The van der Waals surface area contributed by atoms with E-state index in [1.54, 1.807) is 18.2 Å². The average molecular weight is 346 g/mol. The minimum atomic E-state index is -4.40. The Hall–Kier alpha value is 0.290. The summed E-state index contributed by atoms with van der Waals surface area (Å²) in [5.74, 6) is 0.